The van der Waals surface area contributed by atoms with E-state index in [1.165, 1.54) is 0 Å². The minimum atomic E-state index is -0.249. The van der Waals surface area contributed by atoms with Gasteiger partial charge in [0, 0.05) is 38.0 Å². The van der Waals surface area contributed by atoms with Crippen LogP contribution in [-0.2, 0) is 9.53 Å². The molecule has 128 valence electrons. The SMILES string of the molecule is CCOC1CC(O)C12CCN(C(=O)CC(C)CC(C)C)CC2. The fourth-order valence-electron chi connectivity index (χ4n) is 4.30. The lowest BCUT2D eigenvalue weighted by atomic mass is 9.58. The van der Waals surface area contributed by atoms with Gasteiger partial charge in [-0.2, -0.15) is 0 Å². The van der Waals surface area contributed by atoms with Gasteiger partial charge in [-0.25, -0.2) is 0 Å². The summed E-state index contributed by atoms with van der Waals surface area (Å²) in [5.74, 6) is 1.38. The van der Waals surface area contributed by atoms with Gasteiger partial charge in [0.2, 0.25) is 5.91 Å². The smallest absolute Gasteiger partial charge is 0.222 e. The van der Waals surface area contributed by atoms with Crippen molar-refractivity contribution in [1.29, 1.82) is 0 Å². The number of hydrogen-bond acceptors (Lipinski definition) is 3. The normalized spacial score (nSPS) is 28.7. The van der Waals surface area contributed by atoms with E-state index < -0.39 is 0 Å². The second kappa shape index (κ2) is 7.31. The Morgan fingerprint density at radius 2 is 1.95 bits per heavy atom. The van der Waals surface area contributed by atoms with Crippen molar-refractivity contribution in [2.45, 2.75) is 72.0 Å². The number of hydrogen-bond donors (Lipinski definition) is 1. The van der Waals surface area contributed by atoms with Crippen LogP contribution in [0.4, 0.5) is 0 Å². The van der Waals surface area contributed by atoms with Crippen LogP contribution < -0.4 is 0 Å². The van der Waals surface area contributed by atoms with Crippen molar-refractivity contribution < 1.29 is 14.6 Å². The van der Waals surface area contributed by atoms with Gasteiger partial charge in [0.05, 0.1) is 12.2 Å². The lowest BCUT2D eigenvalue weighted by Crippen LogP contribution is -2.62. The first kappa shape index (κ1) is 17.7. The van der Waals surface area contributed by atoms with Gasteiger partial charge in [0.1, 0.15) is 0 Å². The molecule has 1 aliphatic heterocycles. The summed E-state index contributed by atoms with van der Waals surface area (Å²) in [5.41, 5.74) is -0.0870. The molecule has 22 heavy (non-hydrogen) atoms. The van der Waals surface area contributed by atoms with Gasteiger partial charge in [0.15, 0.2) is 0 Å². The molecule has 4 heteroatoms. The van der Waals surface area contributed by atoms with Crippen LogP contribution in [-0.4, -0.2) is 47.8 Å². The molecule has 0 aromatic heterocycles. The lowest BCUT2D eigenvalue weighted by Gasteiger charge is -2.56. The van der Waals surface area contributed by atoms with E-state index >= 15 is 0 Å². The summed E-state index contributed by atoms with van der Waals surface area (Å²) in [6.07, 6.45) is 4.21. The molecule has 1 N–H and O–H groups in total. The number of piperidine rings is 1. The zero-order chi connectivity index (χ0) is 16.3. The Kier molecular flexibility index (Phi) is 5.89. The third-order valence-electron chi connectivity index (χ3n) is 5.55. The molecule has 0 aromatic carbocycles. The second-order valence-corrected chi connectivity index (χ2v) is 7.75. The topological polar surface area (TPSA) is 49.8 Å². The van der Waals surface area contributed by atoms with E-state index in [4.69, 9.17) is 4.74 Å². The largest absolute Gasteiger partial charge is 0.392 e. The standard InChI is InChI=1S/C18H33NO3/c1-5-22-16-12-15(20)18(16)6-8-19(9-7-18)17(21)11-14(4)10-13(2)3/h13-16,20H,5-12H2,1-4H3. The summed E-state index contributed by atoms with van der Waals surface area (Å²) >= 11 is 0. The molecule has 3 atom stereocenters. The van der Waals surface area contributed by atoms with Gasteiger partial charge in [-0.15, -0.1) is 0 Å². The molecule has 1 aliphatic carbocycles. The van der Waals surface area contributed by atoms with Gasteiger partial charge in [0.25, 0.3) is 0 Å². The maximum Gasteiger partial charge on any atom is 0.222 e. The first-order valence-electron chi connectivity index (χ1n) is 8.96. The van der Waals surface area contributed by atoms with Crippen LogP contribution >= 0.6 is 0 Å². The molecular formula is C18H33NO3. The molecule has 2 rings (SSSR count). The molecule has 0 radical (unpaired) electrons. The quantitative estimate of drug-likeness (QED) is 0.820. The Morgan fingerprint density at radius 1 is 1.32 bits per heavy atom. The summed E-state index contributed by atoms with van der Waals surface area (Å²) in [6.45, 7) is 10.8. The Balaban J connectivity index is 1.82. The average Bonchev–Trinajstić information content (AvgIpc) is 2.46. The van der Waals surface area contributed by atoms with Crippen LogP contribution in [0.3, 0.4) is 0 Å². The van der Waals surface area contributed by atoms with Gasteiger partial charge >= 0.3 is 0 Å². The number of rotatable bonds is 6. The molecular weight excluding hydrogens is 278 g/mol. The van der Waals surface area contributed by atoms with Crippen LogP contribution in [0.5, 0.6) is 0 Å². The van der Waals surface area contributed by atoms with Crippen LogP contribution in [0.2, 0.25) is 0 Å². The minimum Gasteiger partial charge on any atom is -0.392 e. The Morgan fingerprint density at radius 3 is 2.45 bits per heavy atom. The molecule has 0 aromatic rings. The number of carbonyl (C=O) groups excluding carboxylic acids is 1. The molecule has 1 spiro atoms. The summed E-state index contributed by atoms with van der Waals surface area (Å²) in [7, 11) is 0. The molecule has 1 heterocycles. The first-order chi connectivity index (χ1) is 10.4. The average molecular weight is 311 g/mol. The maximum atomic E-state index is 12.4. The number of nitrogens with zero attached hydrogens (tertiary/aromatic N) is 1. The predicted octanol–water partition coefficient (Wildman–Crippen LogP) is 2.84. The third-order valence-corrected chi connectivity index (χ3v) is 5.55. The predicted molar refractivity (Wildman–Crippen MR) is 87.5 cm³/mol. The van der Waals surface area contributed by atoms with Crippen LogP contribution in [0.15, 0.2) is 0 Å². The molecule has 1 saturated carbocycles. The molecule has 4 nitrogen and oxygen atoms in total. The van der Waals surface area contributed by atoms with E-state index in [2.05, 4.69) is 20.8 Å². The third kappa shape index (κ3) is 3.65. The summed E-state index contributed by atoms with van der Waals surface area (Å²) in [6, 6.07) is 0. The highest BCUT2D eigenvalue weighted by Crippen LogP contribution is 2.51. The Bertz CT molecular complexity index is 373. The number of aliphatic hydroxyl groups is 1. The van der Waals surface area contributed by atoms with Crippen molar-refractivity contribution in [2.24, 2.45) is 17.3 Å². The van der Waals surface area contributed by atoms with E-state index in [1.54, 1.807) is 0 Å². The fraction of sp³-hybridized carbons (Fsp3) is 0.944. The van der Waals surface area contributed by atoms with E-state index in [-0.39, 0.29) is 23.5 Å². The molecule has 1 saturated heterocycles. The Hall–Kier alpha value is -0.610. The van der Waals surface area contributed by atoms with Crippen molar-refractivity contribution in [2.75, 3.05) is 19.7 Å². The van der Waals surface area contributed by atoms with Gasteiger partial charge < -0.3 is 14.7 Å². The number of ether oxygens (including phenoxy) is 1. The monoisotopic (exact) mass is 311 g/mol. The van der Waals surface area contributed by atoms with Crippen LogP contribution in [0, 0.1) is 17.3 Å². The highest BCUT2D eigenvalue weighted by atomic mass is 16.5. The van der Waals surface area contributed by atoms with Crippen molar-refractivity contribution in [3.05, 3.63) is 0 Å². The van der Waals surface area contributed by atoms with Gasteiger partial charge in [-0.05, 0) is 38.0 Å². The van der Waals surface area contributed by atoms with Crippen molar-refractivity contribution >= 4 is 5.91 Å². The molecule has 2 aliphatic rings. The van der Waals surface area contributed by atoms with E-state index in [1.807, 2.05) is 11.8 Å². The summed E-state index contributed by atoms with van der Waals surface area (Å²) in [5, 5.41) is 10.2. The van der Waals surface area contributed by atoms with E-state index in [0.29, 0.717) is 24.9 Å². The van der Waals surface area contributed by atoms with Crippen LogP contribution in [0.25, 0.3) is 0 Å². The van der Waals surface area contributed by atoms with E-state index in [0.717, 1.165) is 38.8 Å². The number of aliphatic hydroxyl groups excluding tert-OH is 1. The van der Waals surface area contributed by atoms with Crippen molar-refractivity contribution in [3.8, 4) is 0 Å². The number of carbonyl (C=O) groups is 1. The molecule has 2 fully saturated rings. The molecule has 3 unspecified atom stereocenters. The zero-order valence-electron chi connectivity index (χ0n) is 14.7. The highest BCUT2D eigenvalue weighted by molar-refractivity contribution is 5.76. The van der Waals surface area contributed by atoms with Crippen molar-refractivity contribution in [1.82, 2.24) is 4.90 Å². The zero-order valence-corrected chi connectivity index (χ0v) is 14.7. The highest BCUT2D eigenvalue weighted by Gasteiger charge is 2.56. The summed E-state index contributed by atoms with van der Waals surface area (Å²) < 4.78 is 5.78. The second-order valence-electron chi connectivity index (χ2n) is 7.75. The van der Waals surface area contributed by atoms with Gasteiger partial charge in [-0.3, -0.25) is 4.79 Å². The molecule has 1 amide bonds. The minimum absolute atomic E-state index is 0.0870. The van der Waals surface area contributed by atoms with Crippen LogP contribution in [0.1, 0.15) is 59.8 Å². The molecule has 0 bridgehead atoms. The Labute approximate surface area is 135 Å². The first-order valence-corrected chi connectivity index (χ1v) is 8.96. The van der Waals surface area contributed by atoms with Gasteiger partial charge in [-0.1, -0.05) is 20.8 Å². The summed E-state index contributed by atoms with van der Waals surface area (Å²) in [4.78, 5) is 14.4. The van der Waals surface area contributed by atoms with Crippen molar-refractivity contribution in [3.63, 3.8) is 0 Å². The van der Waals surface area contributed by atoms with E-state index in [9.17, 15) is 9.90 Å². The maximum absolute atomic E-state index is 12.4. The number of amides is 1. The fourth-order valence-corrected chi connectivity index (χ4v) is 4.30. The lowest BCUT2D eigenvalue weighted by molar-refractivity contribution is -0.210. The number of likely N-dealkylation sites (tertiary alicyclic amines) is 1.